The van der Waals surface area contributed by atoms with Crippen LogP contribution in [0, 0.1) is 5.82 Å². The van der Waals surface area contributed by atoms with Crippen molar-refractivity contribution in [3.05, 3.63) is 70.9 Å². The second kappa shape index (κ2) is 8.31. The van der Waals surface area contributed by atoms with Crippen molar-refractivity contribution >= 4 is 17.6 Å². The lowest BCUT2D eigenvalue weighted by atomic mass is 10.1. The van der Waals surface area contributed by atoms with E-state index in [0.717, 1.165) is 11.8 Å². The molecule has 140 valence electrons. The van der Waals surface area contributed by atoms with E-state index in [1.165, 1.54) is 6.07 Å². The summed E-state index contributed by atoms with van der Waals surface area (Å²) in [6.45, 7) is 0.610. The summed E-state index contributed by atoms with van der Waals surface area (Å²) < 4.78 is 18.6. The number of nitrogens with two attached hydrogens (primary N) is 1. The van der Waals surface area contributed by atoms with Crippen LogP contribution in [0.1, 0.15) is 27.9 Å². The van der Waals surface area contributed by atoms with Crippen LogP contribution in [0.3, 0.4) is 0 Å². The average Bonchev–Trinajstić information content (AvgIpc) is 3.15. The molecule has 27 heavy (non-hydrogen) atoms. The minimum Gasteiger partial charge on any atom is -0.470 e. The molecule has 1 aromatic carbocycles. The predicted octanol–water partition coefficient (Wildman–Crippen LogP) is 1.31. The number of benzene rings is 1. The predicted molar refractivity (Wildman–Crippen MR) is 96.5 cm³/mol. The van der Waals surface area contributed by atoms with Gasteiger partial charge in [-0.1, -0.05) is 12.1 Å². The van der Waals surface area contributed by atoms with Crippen LogP contribution in [0.25, 0.3) is 5.76 Å². The molecule has 1 aliphatic rings. The molecular weight excluding hydrogens is 351 g/mol. The maximum Gasteiger partial charge on any atom is 0.271 e. The summed E-state index contributed by atoms with van der Waals surface area (Å²) in [5.74, 6) is -0.773. The standard InChI is InChI=1S/C19H19FN4O3/c20-15-8-12(9-22-10-15)2-1-7-23-19(26)16-17(27-11-24-16)13-3-5-14(6-4-13)18(21)25/h3-6,8-10,24H,1-2,7,11H2,(H2,21,25)(H,23,26). The van der Waals surface area contributed by atoms with Gasteiger partial charge in [-0.15, -0.1) is 0 Å². The maximum atomic E-state index is 13.1. The van der Waals surface area contributed by atoms with Crippen molar-refractivity contribution in [2.45, 2.75) is 12.8 Å². The zero-order chi connectivity index (χ0) is 19.2. The van der Waals surface area contributed by atoms with Gasteiger partial charge in [-0.2, -0.15) is 0 Å². The number of primary amides is 1. The first kappa shape index (κ1) is 18.4. The van der Waals surface area contributed by atoms with Gasteiger partial charge in [0.2, 0.25) is 5.91 Å². The van der Waals surface area contributed by atoms with Crippen molar-refractivity contribution in [2.24, 2.45) is 5.73 Å². The summed E-state index contributed by atoms with van der Waals surface area (Å²) in [6.07, 6.45) is 4.01. The second-order valence-electron chi connectivity index (χ2n) is 5.98. The van der Waals surface area contributed by atoms with Gasteiger partial charge in [0.25, 0.3) is 5.91 Å². The Labute approximate surface area is 155 Å². The van der Waals surface area contributed by atoms with Crippen molar-refractivity contribution in [1.29, 1.82) is 0 Å². The molecule has 0 saturated heterocycles. The van der Waals surface area contributed by atoms with E-state index in [2.05, 4.69) is 15.6 Å². The highest BCUT2D eigenvalue weighted by molar-refractivity contribution is 6.00. The third-order valence-corrected chi connectivity index (χ3v) is 4.04. The van der Waals surface area contributed by atoms with Crippen molar-refractivity contribution < 1.29 is 18.7 Å². The lowest BCUT2D eigenvalue weighted by Gasteiger charge is -2.08. The van der Waals surface area contributed by atoms with Crippen LogP contribution in [0.4, 0.5) is 4.39 Å². The molecule has 0 bridgehead atoms. The number of ether oxygens (including phenoxy) is 1. The first-order valence-electron chi connectivity index (χ1n) is 8.43. The molecule has 0 radical (unpaired) electrons. The van der Waals surface area contributed by atoms with Gasteiger partial charge in [-0.25, -0.2) is 4.39 Å². The van der Waals surface area contributed by atoms with E-state index in [4.69, 9.17) is 10.5 Å². The zero-order valence-electron chi connectivity index (χ0n) is 14.5. The van der Waals surface area contributed by atoms with Gasteiger partial charge in [-0.05, 0) is 36.6 Å². The number of carbonyl (C=O) groups is 2. The molecule has 0 unspecified atom stereocenters. The molecule has 8 heteroatoms. The molecule has 1 aliphatic heterocycles. The third kappa shape index (κ3) is 4.60. The van der Waals surface area contributed by atoms with Crippen LogP contribution in [0.5, 0.6) is 0 Å². The number of hydrogen-bond acceptors (Lipinski definition) is 5. The van der Waals surface area contributed by atoms with Crippen molar-refractivity contribution in [3.63, 3.8) is 0 Å². The molecule has 2 aromatic rings. The maximum absolute atomic E-state index is 13.1. The molecule has 7 nitrogen and oxygen atoms in total. The van der Waals surface area contributed by atoms with E-state index < -0.39 is 5.91 Å². The second-order valence-corrected chi connectivity index (χ2v) is 5.98. The molecule has 2 amide bonds. The third-order valence-electron chi connectivity index (χ3n) is 4.04. The summed E-state index contributed by atoms with van der Waals surface area (Å²) in [7, 11) is 0. The molecule has 4 N–H and O–H groups in total. The van der Waals surface area contributed by atoms with E-state index in [1.807, 2.05) is 0 Å². The van der Waals surface area contributed by atoms with Crippen molar-refractivity contribution in [3.8, 4) is 0 Å². The normalized spacial score (nSPS) is 13.1. The first-order valence-corrected chi connectivity index (χ1v) is 8.43. The minimum atomic E-state index is -0.521. The van der Waals surface area contributed by atoms with Gasteiger partial charge in [0.1, 0.15) is 11.5 Å². The highest BCUT2D eigenvalue weighted by atomic mass is 19.1. The molecule has 0 atom stereocenters. The summed E-state index contributed by atoms with van der Waals surface area (Å²) >= 11 is 0. The molecule has 0 aliphatic carbocycles. The summed E-state index contributed by atoms with van der Waals surface area (Å²) in [4.78, 5) is 27.4. The minimum absolute atomic E-state index is 0.185. The average molecular weight is 370 g/mol. The van der Waals surface area contributed by atoms with Crippen LogP contribution >= 0.6 is 0 Å². The van der Waals surface area contributed by atoms with Gasteiger partial charge in [0.05, 0.1) is 6.20 Å². The fourth-order valence-electron chi connectivity index (χ4n) is 2.71. The van der Waals surface area contributed by atoms with E-state index in [9.17, 15) is 14.0 Å². The molecular formula is C19H19FN4O3. The summed E-state index contributed by atoms with van der Waals surface area (Å²) in [5, 5.41) is 5.71. The van der Waals surface area contributed by atoms with E-state index in [-0.39, 0.29) is 18.5 Å². The Morgan fingerprint density at radius 1 is 1.26 bits per heavy atom. The number of amides is 2. The van der Waals surface area contributed by atoms with Crippen LogP contribution in [-0.4, -0.2) is 30.1 Å². The number of carbonyl (C=O) groups excluding carboxylic acids is 2. The number of aryl methyl sites for hydroxylation is 1. The Kier molecular flexibility index (Phi) is 5.65. The topological polar surface area (TPSA) is 106 Å². The largest absolute Gasteiger partial charge is 0.470 e. The quantitative estimate of drug-likeness (QED) is 0.637. The number of nitrogens with zero attached hydrogens (tertiary/aromatic N) is 1. The Balaban J connectivity index is 1.59. The lowest BCUT2D eigenvalue weighted by Crippen LogP contribution is -2.31. The number of rotatable bonds is 7. The number of nitrogens with one attached hydrogen (secondary N) is 2. The monoisotopic (exact) mass is 370 g/mol. The van der Waals surface area contributed by atoms with Crippen LogP contribution in [0.2, 0.25) is 0 Å². The Morgan fingerprint density at radius 2 is 2.04 bits per heavy atom. The molecule has 3 rings (SSSR count). The Morgan fingerprint density at radius 3 is 2.74 bits per heavy atom. The van der Waals surface area contributed by atoms with Gasteiger partial charge < -0.3 is 21.1 Å². The number of pyridine rings is 1. The smallest absolute Gasteiger partial charge is 0.271 e. The molecule has 0 fully saturated rings. The fraction of sp³-hybridized carbons (Fsp3) is 0.211. The van der Waals surface area contributed by atoms with E-state index in [1.54, 1.807) is 30.5 Å². The van der Waals surface area contributed by atoms with Crippen LogP contribution < -0.4 is 16.4 Å². The van der Waals surface area contributed by atoms with Gasteiger partial charge in [0, 0.05) is 23.9 Å². The van der Waals surface area contributed by atoms with Crippen molar-refractivity contribution in [2.75, 3.05) is 13.3 Å². The molecule has 1 aromatic heterocycles. The summed E-state index contributed by atoms with van der Waals surface area (Å²) in [6, 6.07) is 7.93. The zero-order valence-corrected chi connectivity index (χ0v) is 14.5. The van der Waals surface area contributed by atoms with Gasteiger partial charge >= 0.3 is 0 Å². The number of aromatic nitrogens is 1. The fourth-order valence-corrected chi connectivity index (χ4v) is 2.71. The van der Waals surface area contributed by atoms with Crippen LogP contribution in [-0.2, 0) is 16.0 Å². The lowest BCUT2D eigenvalue weighted by molar-refractivity contribution is -0.117. The highest BCUT2D eigenvalue weighted by Gasteiger charge is 2.23. The van der Waals surface area contributed by atoms with Gasteiger partial charge in [0.15, 0.2) is 12.5 Å². The highest BCUT2D eigenvalue weighted by Crippen LogP contribution is 2.23. The SMILES string of the molecule is NC(=O)c1ccc(C2=C(C(=O)NCCCc3cncc(F)c3)NCO2)cc1. The van der Waals surface area contributed by atoms with Gasteiger partial charge in [-0.3, -0.25) is 14.6 Å². The molecule has 2 heterocycles. The van der Waals surface area contributed by atoms with Crippen LogP contribution in [0.15, 0.2) is 48.4 Å². The molecule has 0 saturated carbocycles. The Hall–Kier alpha value is -3.42. The van der Waals surface area contributed by atoms with E-state index in [0.29, 0.717) is 42.0 Å². The summed E-state index contributed by atoms with van der Waals surface area (Å²) in [5.41, 5.74) is 7.38. The first-order chi connectivity index (χ1) is 13.0. The van der Waals surface area contributed by atoms with Crippen molar-refractivity contribution in [1.82, 2.24) is 15.6 Å². The number of hydrogen-bond donors (Lipinski definition) is 3. The molecule has 0 spiro atoms. The Bertz CT molecular complexity index is 881. The number of halogens is 1. The van der Waals surface area contributed by atoms with E-state index >= 15 is 0 Å².